The van der Waals surface area contributed by atoms with Crippen LogP contribution in [0.1, 0.15) is 69.4 Å². The molecule has 1 heterocycles. The number of H-pyrrole nitrogens is 1. The third kappa shape index (κ3) is 3.19. The zero-order valence-electron chi connectivity index (χ0n) is 14.3. The molecule has 0 radical (unpaired) electrons. The average molecular weight is 325 g/mol. The highest BCUT2D eigenvalue weighted by molar-refractivity contribution is 5.82. The molecule has 2 saturated carbocycles. The summed E-state index contributed by atoms with van der Waals surface area (Å²) in [5.74, 6) is 1.02. The number of aromatic amines is 1. The van der Waals surface area contributed by atoms with Crippen LogP contribution in [-0.4, -0.2) is 22.1 Å². The van der Waals surface area contributed by atoms with Crippen LogP contribution in [0.4, 0.5) is 0 Å². The van der Waals surface area contributed by atoms with Gasteiger partial charge in [0.15, 0.2) is 0 Å². The van der Waals surface area contributed by atoms with Crippen LogP contribution in [0.2, 0.25) is 0 Å². The summed E-state index contributed by atoms with van der Waals surface area (Å²) in [6.07, 6.45) is 10.4. The average Bonchev–Trinajstić information content (AvgIpc) is 3.07. The summed E-state index contributed by atoms with van der Waals surface area (Å²) in [4.78, 5) is 12.5. The van der Waals surface area contributed by atoms with Crippen molar-refractivity contribution in [3.8, 4) is 0 Å². The maximum atomic E-state index is 12.5. The molecular formula is C20H27N3O. The van der Waals surface area contributed by atoms with Gasteiger partial charge in [-0.2, -0.15) is 5.10 Å². The molecule has 1 amide bonds. The molecule has 128 valence electrons. The van der Waals surface area contributed by atoms with Gasteiger partial charge in [0.2, 0.25) is 5.91 Å². The van der Waals surface area contributed by atoms with Crippen molar-refractivity contribution in [3.05, 3.63) is 30.0 Å². The number of rotatable bonds is 3. The number of benzene rings is 1. The zero-order chi connectivity index (χ0) is 16.4. The lowest BCUT2D eigenvalue weighted by atomic mass is 9.79. The number of carbonyl (C=O) groups is 1. The van der Waals surface area contributed by atoms with Crippen LogP contribution in [0.25, 0.3) is 10.9 Å². The van der Waals surface area contributed by atoms with E-state index in [4.69, 9.17) is 0 Å². The Hall–Kier alpha value is -1.84. The summed E-state index contributed by atoms with van der Waals surface area (Å²) in [5, 5.41) is 12.2. The van der Waals surface area contributed by atoms with Gasteiger partial charge in [-0.05, 0) is 44.6 Å². The van der Waals surface area contributed by atoms with Crippen LogP contribution in [0.5, 0.6) is 0 Å². The summed E-state index contributed by atoms with van der Waals surface area (Å²) in [6, 6.07) is 8.74. The molecule has 4 rings (SSSR count). The van der Waals surface area contributed by atoms with Crippen LogP contribution < -0.4 is 5.32 Å². The van der Waals surface area contributed by atoms with Gasteiger partial charge in [0.1, 0.15) is 0 Å². The first-order valence-electron chi connectivity index (χ1n) is 9.54. The molecule has 2 aromatic rings. The first kappa shape index (κ1) is 15.7. The summed E-state index contributed by atoms with van der Waals surface area (Å²) >= 11 is 0. The van der Waals surface area contributed by atoms with Gasteiger partial charge in [0, 0.05) is 29.0 Å². The molecule has 0 aliphatic heterocycles. The summed E-state index contributed by atoms with van der Waals surface area (Å²) < 4.78 is 0. The minimum absolute atomic E-state index is 0.206. The first-order chi connectivity index (χ1) is 11.8. The molecule has 2 fully saturated rings. The number of nitrogens with one attached hydrogen (secondary N) is 2. The van der Waals surface area contributed by atoms with Crippen molar-refractivity contribution in [3.63, 3.8) is 0 Å². The third-order valence-corrected chi connectivity index (χ3v) is 5.95. The quantitative estimate of drug-likeness (QED) is 0.884. The highest BCUT2D eigenvalue weighted by atomic mass is 16.1. The fourth-order valence-corrected chi connectivity index (χ4v) is 4.50. The minimum atomic E-state index is 0.206. The van der Waals surface area contributed by atoms with Gasteiger partial charge >= 0.3 is 0 Å². The number of hydrogen-bond acceptors (Lipinski definition) is 2. The Morgan fingerprint density at radius 2 is 1.75 bits per heavy atom. The molecule has 1 aromatic heterocycles. The van der Waals surface area contributed by atoms with E-state index in [2.05, 4.69) is 33.7 Å². The number of carbonyl (C=O) groups excluding carboxylic acids is 1. The van der Waals surface area contributed by atoms with Crippen LogP contribution in [0, 0.1) is 5.92 Å². The predicted octanol–water partition coefficient (Wildman–Crippen LogP) is 4.29. The molecule has 4 nitrogen and oxygen atoms in total. The lowest BCUT2D eigenvalue weighted by Crippen LogP contribution is -2.40. The van der Waals surface area contributed by atoms with E-state index < -0.39 is 0 Å². The Balaban J connectivity index is 1.35. The highest BCUT2D eigenvalue weighted by Crippen LogP contribution is 2.37. The molecule has 0 saturated heterocycles. The van der Waals surface area contributed by atoms with E-state index in [-0.39, 0.29) is 5.92 Å². The van der Waals surface area contributed by atoms with Crippen molar-refractivity contribution in [1.82, 2.24) is 15.5 Å². The summed E-state index contributed by atoms with van der Waals surface area (Å²) in [5.41, 5.74) is 2.31. The monoisotopic (exact) mass is 325 g/mol. The van der Waals surface area contributed by atoms with Crippen molar-refractivity contribution in [2.24, 2.45) is 5.92 Å². The smallest absolute Gasteiger partial charge is 0.223 e. The van der Waals surface area contributed by atoms with E-state index in [1.54, 1.807) is 0 Å². The molecule has 0 unspecified atom stereocenters. The number of aromatic nitrogens is 2. The third-order valence-electron chi connectivity index (χ3n) is 5.95. The van der Waals surface area contributed by atoms with Gasteiger partial charge in [-0.25, -0.2) is 0 Å². The van der Waals surface area contributed by atoms with E-state index in [0.717, 1.165) is 31.2 Å². The Kier molecular flexibility index (Phi) is 4.54. The second-order valence-electron chi connectivity index (χ2n) is 7.55. The van der Waals surface area contributed by atoms with E-state index >= 15 is 0 Å². The molecule has 2 N–H and O–H groups in total. The fraction of sp³-hybridized carbons (Fsp3) is 0.600. The zero-order valence-corrected chi connectivity index (χ0v) is 14.3. The van der Waals surface area contributed by atoms with E-state index in [0.29, 0.717) is 17.9 Å². The van der Waals surface area contributed by atoms with Crippen LogP contribution in [-0.2, 0) is 4.79 Å². The topological polar surface area (TPSA) is 57.8 Å². The Labute approximate surface area is 143 Å². The van der Waals surface area contributed by atoms with Gasteiger partial charge in [-0.3, -0.25) is 9.89 Å². The predicted molar refractivity (Wildman–Crippen MR) is 95.8 cm³/mol. The number of amides is 1. The number of para-hydroxylation sites is 1. The highest BCUT2D eigenvalue weighted by Gasteiger charge is 2.29. The van der Waals surface area contributed by atoms with Crippen LogP contribution in [0.3, 0.4) is 0 Å². The Bertz CT molecular complexity index is 694. The normalized spacial score (nSPS) is 25.7. The van der Waals surface area contributed by atoms with Gasteiger partial charge in [0.25, 0.3) is 0 Å². The van der Waals surface area contributed by atoms with Crippen molar-refractivity contribution in [1.29, 1.82) is 0 Å². The van der Waals surface area contributed by atoms with Gasteiger partial charge in [-0.15, -0.1) is 0 Å². The Morgan fingerprint density at radius 3 is 2.54 bits per heavy atom. The van der Waals surface area contributed by atoms with Crippen LogP contribution >= 0.6 is 0 Å². The molecule has 2 aliphatic carbocycles. The second kappa shape index (κ2) is 6.96. The van der Waals surface area contributed by atoms with E-state index in [1.807, 2.05) is 6.07 Å². The maximum absolute atomic E-state index is 12.5. The van der Waals surface area contributed by atoms with Crippen molar-refractivity contribution in [2.75, 3.05) is 0 Å². The standard InChI is InChI=1S/C20H27N3O/c24-20(21-16-6-2-1-3-7-16)15-12-10-14(11-13-15)19-17-8-4-5-9-18(17)22-23-19/h4-5,8-9,14-16H,1-3,6-7,10-13H2,(H,21,24)(H,22,23). The van der Waals surface area contributed by atoms with E-state index in [1.165, 1.54) is 43.2 Å². The number of hydrogen-bond donors (Lipinski definition) is 2. The lowest BCUT2D eigenvalue weighted by Gasteiger charge is -2.30. The van der Waals surface area contributed by atoms with Gasteiger partial charge in [-0.1, -0.05) is 37.5 Å². The second-order valence-corrected chi connectivity index (χ2v) is 7.55. The largest absolute Gasteiger partial charge is 0.353 e. The molecular weight excluding hydrogens is 298 g/mol. The molecule has 0 atom stereocenters. The van der Waals surface area contributed by atoms with Crippen molar-refractivity contribution >= 4 is 16.8 Å². The fourth-order valence-electron chi connectivity index (χ4n) is 4.50. The summed E-state index contributed by atoms with van der Waals surface area (Å²) in [7, 11) is 0. The first-order valence-corrected chi connectivity index (χ1v) is 9.54. The van der Waals surface area contributed by atoms with Crippen molar-refractivity contribution in [2.45, 2.75) is 69.7 Å². The molecule has 24 heavy (non-hydrogen) atoms. The SMILES string of the molecule is O=C(NC1CCCCC1)C1CCC(c2[nH]nc3ccccc23)CC1. The molecule has 1 aromatic carbocycles. The lowest BCUT2D eigenvalue weighted by molar-refractivity contribution is -0.127. The van der Waals surface area contributed by atoms with Gasteiger partial charge in [0.05, 0.1) is 5.52 Å². The van der Waals surface area contributed by atoms with Crippen molar-refractivity contribution < 1.29 is 4.79 Å². The van der Waals surface area contributed by atoms with Gasteiger partial charge < -0.3 is 5.32 Å². The van der Waals surface area contributed by atoms with Crippen LogP contribution in [0.15, 0.2) is 24.3 Å². The Morgan fingerprint density at radius 1 is 1.00 bits per heavy atom. The molecule has 2 aliphatic rings. The summed E-state index contributed by atoms with van der Waals surface area (Å²) in [6.45, 7) is 0. The number of fused-ring (bicyclic) bond motifs is 1. The molecule has 0 bridgehead atoms. The molecule has 4 heteroatoms. The molecule has 0 spiro atoms. The maximum Gasteiger partial charge on any atom is 0.223 e. The minimum Gasteiger partial charge on any atom is -0.353 e. The number of nitrogens with zero attached hydrogens (tertiary/aromatic N) is 1. The van der Waals surface area contributed by atoms with E-state index in [9.17, 15) is 4.79 Å².